The van der Waals surface area contributed by atoms with E-state index in [1.54, 1.807) is 0 Å². The average molecular weight is 633 g/mol. The number of allylic oxidation sites excluding steroid dienone is 1. The Hall–Kier alpha value is -5.78. The molecule has 3 heterocycles. The number of benzene rings is 5. The third-order valence-corrected chi connectivity index (χ3v) is 11.1. The molecule has 0 bridgehead atoms. The van der Waals surface area contributed by atoms with Gasteiger partial charge in [0.05, 0.1) is 0 Å². The molecule has 0 spiro atoms. The molecule has 4 nitrogen and oxygen atoms in total. The van der Waals surface area contributed by atoms with Crippen molar-refractivity contribution in [1.29, 1.82) is 0 Å². The first kappa shape index (κ1) is 27.3. The summed E-state index contributed by atoms with van der Waals surface area (Å²) in [5, 5.41) is 3.70. The molecule has 3 aromatic heterocycles. The second-order valence-corrected chi connectivity index (χ2v) is 13.6. The second kappa shape index (κ2) is 10.9. The molecule has 0 unspecified atom stereocenters. The van der Waals surface area contributed by atoms with Gasteiger partial charge in [0, 0.05) is 56.6 Å². The molecule has 5 aromatic carbocycles. The van der Waals surface area contributed by atoms with E-state index in [1.165, 1.54) is 53.6 Å². The molecule has 0 radical (unpaired) electrons. The molecule has 48 heavy (non-hydrogen) atoms. The topological polar surface area (TPSA) is 51.6 Å². The first-order valence-corrected chi connectivity index (χ1v) is 17.2. The summed E-state index contributed by atoms with van der Waals surface area (Å²) in [4.78, 5) is 20.7. The van der Waals surface area contributed by atoms with Crippen LogP contribution >= 0.6 is 11.3 Å². The Morgan fingerprint density at radius 2 is 1.17 bits per heavy atom. The van der Waals surface area contributed by atoms with E-state index in [4.69, 9.17) is 19.9 Å². The summed E-state index contributed by atoms with van der Waals surface area (Å²) in [5.41, 5.74) is 13.2. The Balaban J connectivity index is 0.907. The van der Waals surface area contributed by atoms with Crippen molar-refractivity contribution in [3.05, 3.63) is 161 Å². The van der Waals surface area contributed by atoms with Gasteiger partial charge in [-0.1, -0.05) is 91.0 Å². The molecular weight excluding hydrogens is 605 g/mol. The van der Waals surface area contributed by atoms with Gasteiger partial charge >= 0.3 is 0 Å². The van der Waals surface area contributed by atoms with Crippen molar-refractivity contribution in [2.75, 3.05) is 0 Å². The number of aryl methyl sites for hydroxylation is 1. The van der Waals surface area contributed by atoms with Crippen molar-refractivity contribution in [2.24, 2.45) is 0 Å². The predicted molar refractivity (Wildman–Crippen MR) is 197 cm³/mol. The van der Waals surface area contributed by atoms with E-state index < -0.39 is 0 Å². The molecule has 0 aliphatic heterocycles. The summed E-state index contributed by atoms with van der Waals surface area (Å²) < 4.78 is 1.33. The normalized spacial score (nSPS) is 13.3. The van der Waals surface area contributed by atoms with Crippen LogP contribution in [0.1, 0.15) is 33.8 Å². The molecule has 5 heteroatoms. The highest BCUT2D eigenvalue weighted by Crippen LogP contribution is 2.42. The van der Waals surface area contributed by atoms with Crippen LogP contribution in [0, 0.1) is 0 Å². The van der Waals surface area contributed by atoms with Gasteiger partial charge < -0.3 is 0 Å². The van der Waals surface area contributed by atoms with Gasteiger partial charge in [0.2, 0.25) is 0 Å². The SMILES string of the molecule is C1=C(c2ncc(-c3ccc4cc(-c5cnc(-c6cccc7c6Cc6ccccc6-7)nc5)ccc4c3)cn2)c2sc3ccccc3c2CC1. The van der Waals surface area contributed by atoms with Gasteiger partial charge in [-0.3, -0.25) is 0 Å². The number of nitrogens with zero attached hydrogens (tertiary/aromatic N) is 4. The minimum Gasteiger partial charge on any atom is -0.236 e. The first-order valence-electron chi connectivity index (χ1n) is 16.4. The molecule has 2 aliphatic carbocycles. The summed E-state index contributed by atoms with van der Waals surface area (Å²) in [7, 11) is 0. The summed E-state index contributed by atoms with van der Waals surface area (Å²) in [6, 6.07) is 36.9. The fraction of sp³-hybridized carbons (Fsp3) is 0.0698. The van der Waals surface area contributed by atoms with Crippen molar-refractivity contribution < 1.29 is 0 Å². The van der Waals surface area contributed by atoms with Gasteiger partial charge in [0.25, 0.3) is 0 Å². The van der Waals surface area contributed by atoms with E-state index in [9.17, 15) is 0 Å². The number of aromatic nitrogens is 4. The standard InChI is InChI=1S/C43H28N4S/c1-2-8-33-30(7-1)21-39-34(33)10-5-12-37(39)42-44-22-31(23-45-42)28-17-15-27-20-29(18-16-26(27)19-28)32-24-46-43(47-25-32)38-13-6-11-36-35-9-3-4-14-40(35)48-41(36)38/h1-5,7-10,12-20,22-25H,6,11,21H2. The molecule has 0 saturated carbocycles. The number of thiophene rings is 1. The summed E-state index contributed by atoms with van der Waals surface area (Å²) in [5.74, 6) is 1.57. The van der Waals surface area contributed by atoms with E-state index in [1.807, 2.05) is 36.1 Å². The third kappa shape index (κ3) is 4.43. The highest BCUT2D eigenvalue weighted by Gasteiger charge is 2.23. The summed E-state index contributed by atoms with van der Waals surface area (Å²) in [6.07, 6.45) is 13.1. The monoisotopic (exact) mass is 632 g/mol. The zero-order chi connectivity index (χ0) is 31.6. The van der Waals surface area contributed by atoms with Crippen LogP contribution in [0.2, 0.25) is 0 Å². The van der Waals surface area contributed by atoms with Crippen LogP contribution < -0.4 is 0 Å². The summed E-state index contributed by atoms with van der Waals surface area (Å²) in [6.45, 7) is 0. The quantitative estimate of drug-likeness (QED) is 0.194. The van der Waals surface area contributed by atoms with Crippen LogP contribution in [0.3, 0.4) is 0 Å². The smallest absolute Gasteiger partial charge is 0.160 e. The van der Waals surface area contributed by atoms with Crippen molar-refractivity contribution in [1.82, 2.24) is 19.9 Å². The van der Waals surface area contributed by atoms with Gasteiger partial charge in [-0.2, -0.15) is 0 Å². The number of fused-ring (bicyclic) bond motifs is 7. The molecule has 0 amide bonds. The van der Waals surface area contributed by atoms with Gasteiger partial charge in [-0.15, -0.1) is 11.3 Å². The largest absolute Gasteiger partial charge is 0.236 e. The third-order valence-electron chi connectivity index (χ3n) is 9.83. The van der Waals surface area contributed by atoms with Crippen molar-refractivity contribution in [3.63, 3.8) is 0 Å². The zero-order valence-electron chi connectivity index (χ0n) is 26.0. The Bertz CT molecular complexity index is 2580. The summed E-state index contributed by atoms with van der Waals surface area (Å²) >= 11 is 1.85. The van der Waals surface area contributed by atoms with Crippen LogP contribution in [0.5, 0.6) is 0 Å². The van der Waals surface area contributed by atoms with E-state index in [0.717, 1.165) is 64.3 Å². The molecule has 0 N–H and O–H groups in total. The van der Waals surface area contributed by atoms with E-state index in [-0.39, 0.29) is 0 Å². The highest BCUT2D eigenvalue weighted by atomic mass is 32.1. The Morgan fingerprint density at radius 1 is 0.521 bits per heavy atom. The van der Waals surface area contributed by atoms with Gasteiger partial charge in [0.15, 0.2) is 11.6 Å². The van der Waals surface area contributed by atoms with Crippen LogP contribution in [-0.2, 0) is 12.8 Å². The maximum Gasteiger partial charge on any atom is 0.160 e. The number of rotatable bonds is 4. The zero-order valence-corrected chi connectivity index (χ0v) is 26.8. The lowest BCUT2D eigenvalue weighted by atomic mass is 9.95. The number of hydrogen-bond donors (Lipinski definition) is 0. The van der Waals surface area contributed by atoms with Crippen molar-refractivity contribution in [3.8, 4) is 44.8 Å². The fourth-order valence-electron chi connectivity index (χ4n) is 7.41. The van der Waals surface area contributed by atoms with Crippen LogP contribution in [0.4, 0.5) is 0 Å². The Morgan fingerprint density at radius 3 is 1.94 bits per heavy atom. The highest BCUT2D eigenvalue weighted by molar-refractivity contribution is 7.20. The Kier molecular flexibility index (Phi) is 6.21. The average Bonchev–Trinajstić information content (AvgIpc) is 3.73. The Labute approximate surface area is 282 Å². The molecule has 226 valence electrons. The lowest BCUT2D eigenvalue weighted by Gasteiger charge is -2.13. The van der Waals surface area contributed by atoms with Crippen molar-refractivity contribution in [2.45, 2.75) is 19.3 Å². The molecule has 10 rings (SSSR count). The predicted octanol–water partition coefficient (Wildman–Crippen LogP) is 10.6. The van der Waals surface area contributed by atoms with Gasteiger partial charge in [0.1, 0.15) is 0 Å². The van der Waals surface area contributed by atoms with Crippen LogP contribution in [0.25, 0.3) is 71.2 Å². The minimum absolute atomic E-state index is 0.770. The van der Waals surface area contributed by atoms with Crippen LogP contribution in [-0.4, -0.2) is 19.9 Å². The lowest BCUT2D eigenvalue weighted by molar-refractivity contribution is 0.987. The molecular formula is C43H28N4S. The minimum atomic E-state index is 0.770. The van der Waals surface area contributed by atoms with Crippen molar-refractivity contribution >= 4 is 37.8 Å². The van der Waals surface area contributed by atoms with E-state index in [0.29, 0.717) is 0 Å². The maximum atomic E-state index is 4.85. The number of hydrogen-bond acceptors (Lipinski definition) is 5. The molecule has 0 atom stereocenters. The molecule has 8 aromatic rings. The molecule has 0 saturated heterocycles. The van der Waals surface area contributed by atoms with Crippen LogP contribution in [0.15, 0.2) is 134 Å². The van der Waals surface area contributed by atoms with Gasteiger partial charge in [-0.05, 0) is 92.6 Å². The second-order valence-electron chi connectivity index (χ2n) is 12.6. The van der Waals surface area contributed by atoms with E-state index in [2.05, 4.69) is 109 Å². The molecule has 2 aliphatic rings. The van der Waals surface area contributed by atoms with Gasteiger partial charge in [-0.25, -0.2) is 19.9 Å². The van der Waals surface area contributed by atoms with E-state index >= 15 is 0 Å². The fourth-order valence-corrected chi connectivity index (χ4v) is 8.70. The lowest BCUT2D eigenvalue weighted by Crippen LogP contribution is -2.01. The first-order chi connectivity index (χ1) is 23.8. The molecule has 0 fully saturated rings. The maximum absolute atomic E-state index is 4.85.